The summed E-state index contributed by atoms with van der Waals surface area (Å²) >= 11 is 0. The third-order valence-electron chi connectivity index (χ3n) is 5.61. The second-order valence-corrected chi connectivity index (χ2v) is 8.35. The lowest BCUT2D eigenvalue weighted by atomic mass is 10.1. The zero-order chi connectivity index (χ0) is 25.0. The molecular weight excluding hydrogens is 463 g/mol. The van der Waals surface area contributed by atoms with E-state index in [4.69, 9.17) is 4.74 Å². The molecule has 0 N–H and O–H groups in total. The van der Waals surface area contributed by atoms with E-state index in [2.05, 4.69) is 10.1 Å². The molecule has 1 aromatic carbocycles. The fourth-order valence-corrected chi connectivity index (χ4v) is 3.85. The molecular formula is C24H24F3N5O3. The van der Waals surface area contributed by atoms with Crippen molar-refractivity contribution in [1.29, 1.82) is 0 Å². The van der Waals surface area contributed by atoms with E-state index in [1.165, 1.54) is 4.90 Å². The third kappa shape index (κ3) is 6.24. The Morgan fingerprint density at radius 1 is 1.11 bits per heavy atom. The van der Waals surface area contributed by atoms with Gasteiger partial charge in [0.05, 0.1) is 24.5 Å². The minimum absolute atomic E-state index is 0.0671. The largest absolute Gasteiger partial charge is 0.416 e. The smallest absolute Gasteiger partial charge is 0.370 e. The molecule has 0 saturated carbocycles. The summed E-state index contributed by atoms with van der Waals surface area (Å²) in [5.41, 5.74) is 0.885. The van der Waals surface area contributed by atoms with E-state index in [1.54, 1.807) is 47.5 Å². The monoisotopic (exact) mass is 487 g/mol. The number of carbonyl (C=O) groups is 2. The van der Waals surface area contributed by atoms with Crippen LogP contribution in [-0.2, 0) is 35.9 Å². The Hall–Kier alpha value is -3.73. The SMILES string of the molecule is Cn1cc(CN2C[C@H](OCc3cccnc3)CN(C(=O)c3ccc(C(F)(F)F)cc3)CC2=O)cn1. The maximum atomic E-state index is 13.1. The summed E-state index contributed by atoms with van der Waals surface area (Å²) in [5.74, 6) is -0.827. The number of pyridine rings is 1. The van der Waals surface area contributed by atoms with E-state index in [1.807, 2.05) is 6.07 Å². The van der Waals surface area contributed by atoms with Crippen LogP contribution in [0.5, 0.6) is 0 Å². The Bertz CT molecular complexity index is 1170. The van der Waals surface area contributed by atoms with Gasteiger partial charge in [0, 0.05) is 56.4 Å². The highest BCUT2D eigenvalue weighted by Crippen LogP contribution is 2.29. The molecule has 1 atom stereocenters. The number of hydrogen-bond donors (Lipinski definition) is 0. The highest BCUT2D eigenvalue weighted by Gasteiger charge is 2.33. The molecule has 2 amide bonds. The predicted octanol–water partition coefficient (Wildman–Crippen LogP) is 2.90. The van der Waals surface area contributed by atoms with Gasteiger partial charge in [-0.15, -0.1) is 0 Å². The van der Waals surface area contributed by atoms with Gasteiger partial charge in [0.15, 0.2) is 0 Å². The minimum Gasteiger partial charge on any atom is -0.370 e. The highest BCUT2D eigenvalue weighted by molar-refractivity contribution is 5.96. The zero-order valence-electron chi connectivity index (χ0n) is 19.0. The minimum atomic E-state index is -4.50. The second kappa shape index (κ2) is 10.3. The van der Waals surface area contributed by atoms with Gasteiger partial charge in [-0.05, 0) is 35.9 Å². The first kappa shape index (κ1) is 24.4. The number of amides is 2. The van der Waals surface area contributed by atoms with Crippen molar-refractivity contribution in [3.8, 4) is 0 Å². The van der Waals surface area contributed by atoms with E-state index in [-0.39, 0.29) is 37.7 Å². The van der Waals surface area contributed by atoms with Crippen LogP contribution in [0, 0.1) is 0 Å². The van der Waals surface area contributed by atoms with E-state index < -0.39 is 23.8 Å². The van der Waals surface area contributed by atoms with Gasteiger partial charge >= 0.3 is 6.18 Å². The number of halogens is 3. The standard InChI is InChI=1S/C24H24F3N5O3/c1-30-11-18(10-29-30)12-31-13-21(35-16-17-3-2-8-28-9-17)14-32(15-22(31)33)23(34)19-4-6-20(7-5-19)24(25,26)27/h2-11,21H,12-16H2,1H3/t21-/m0/s1. The summed E-state index contributed by atoms with van der Waals surface area (Å²) < 4.78 is 46.4. The molecule has 184 valence electrons. The van der Waals surface area contributed by atoms with Gasteiger partial charge < -0.3 is 14.5 Å². The van der Waals surface area contributed by atoms with Crippen molar-refractivity contribution < 1.29 is 27.5 Å². The van der Waals surface area contributed by atoms with Gasteiger partial charge in [-0.3, -0.25) is 19.3 Å². The van der Waals surface area contributed by atoms with E-state index >= 15 is 0 Å². The Labute approximate surface area is 199 Å². The van der Waals surface area contributed by atoms with Gasteiger partial charge in [-0.2, -0.15) is 18.3 Å². The summed E-state index contributed by atoms with van der Waals surface area (Å²) in [7, 11) is 1.78. The lowest BCUT2D eigenvalue weighted by Crippen LogP contribution is -2.39. The van der Waals surface area contributed by atoms with Crippen molar-refractivity contribution in [1.82, 2.24) is 24.6 Å². The van der Waals surface area contributed by atoms with Crippen LogP contribution in [0.3, 0.4) is 0 Å². The summed E-state index contributed by atoms with van der Waals surface area (Å²) in [6.45, 7) is 0.657. The van der Waals surface area contributed by atoms with Crippen molar-refractivity contribution in [2.75, 3.05) is 19.6 Å². The van der Waals surface area contributed by atoms with Gasteiger partial charge in [0.1, 0.15) is 6.54 Å². The summed E-state index contributed by atoms with van der Waals surface area (Å²) in [6.07, 6.45) is 1.76. The van der Waals surface area contributed by atoms with Crippen molar-refractivity contribution in [2.24, 2.45) is 7.05 Å². The van der Waals surface area contributed by atoms with Crippen LogP contribution in [0.4, 0.5) is 13.2 Å². The topological polar surface area (TPSA) is 80.6 Å². The molecule has 0 radical (unpaired) electrons. The number of aromatic nitrogens is 3. The molecule has 1 fully saturated rings. The highest BCUT2D eigenvalue weighted by atomic mass is 19.4. The number of rotatable bonds is 6. The number of aryl methyl sites for hydroxylation is 1. The van der Waals surface area contributed by atoms with Crippen molar-refractivity contribution in [2.45, 2.75) is 25.4 Å². The zero-order valence-corrected chi connectivity index (χ0v) is 19.0. The second-order valence-electron chi connectivity index (χ2n) is 8.35. The summed E-state index contributed by atoms with van der Waals surface area (Å²) in [5, 5.41) is 4.13. The van der Waals surface area contributed by atoms with Gasteiger partial charge in [-0.25, -0.2) is 0 Å². The van der Waals surface area contributed by atoms with Crippen LogP contribution >= 0.6 is 0 Å². The fourth-order valence-electron chi connectivity index (χ4n) is 3.85. The Morgan fingerprint density at radius 3 is 2.51 bits per heavy atom. The number of carbonyl (C=O) groups excluding carboxylic acids is 2. The van der Waals surface area contributed by atoms with Crippen LogP contribution < -0.4 is 0 Å². The van der Waals surface area contributed by atoms with Gasteiger partial charge in [0.2, 0.25) is 5.91 Å². The number of benzene rings is 1. The van der Waals surface area contributed by atoms with Crippen LogP contribution in [0.25, 0.3) is 0 Å². The lowest BCUT2D eigenvalue weighted by Gasteiger charge is -2.24. The number of nitrogens with zero attached hydrogens (tertiary/aromatic N) is 5. The van der Waals surface area contributed by atoms with E-state index in [0.29, 0.717) is 6.54 Å². The first-order chi connectivity index (χ1) is 16.7. The van der Waals surface area contributed by atoms with E-state index in [0.717, 1.165) is 35.4 Å². The Morgan fingerprint density at radius 2 is 1.89 bits per heavy atom. The normalized spacial score (nSPS) is 16.9. The molecule has 1 aliphatic heterocycles. The average Bonchev–Trinajstić information content (AvgIpc) is 3.18. The Kier molecular flexibility index (Phi) is 7.15. The molecule has 4 rings (SSSR count). The predicted molar refractivity (Wildman–Crippen MR) is 119 cm³/mol. The van der Waals surface area contributed by atoms with Crippen LogP contribution in [0.1, 0.15) is 27.0 Å². The molecule has 0 aliphatic carbocycles. The van der Waals surface area contributed by atoms with Crippen molar-refractivity contribution >= 4 is 11.8 Å². The number of hydrogen-bond acceptors (Lipinski definition) is 5. The maximum absolute atomic E-state index is 13.1. The first-order valence-electron chi connectivity index (χ1n) is 10.9. The molecule has 0 unspecified atom stereocenters. The van der Waals surface area contributed by atoms with Crippen LogP contribution in [0.15, 0.2) is 61.2 Å². The fraction of sp³-hybridized carbons (Fsp3) is 0.333. The lowest BCUT2D eigenvalue weighted by molar-refractivity contribution is -0.137. The first-order valence-corrected chi connectivity index (χ1v) is 10.9. The third-order valence-corrected chi connectivity index (χ3v) is 5.61. The molecule has 35 heavy (non-hydrogen) atoms. The quantitative estimate of drug-likeness (QED) is 0.534. The van der Waals surface area contributed by atoms with Crippen LogP contribution in [0.2, 0.25) is 0 Å². The van der Waals surface area contributed by atoms with Gasteiger partial charge in [0.25, 0.3) is 5.91 Å². The molecule has 0 bridgehead atoms. The van der Waals surface area contributed by atoms with Crippen molar-refractivity contribution in [3.63, 3.8) is 0 Å². The maximum Gasteiger partial charge on any atom is 0.416 e. The molecule has 3 heterocycles. The number of alkyl halides is 3. The molecule has 8 nitrogen and oxygen atoms in total. The Balaban J connectivity index is 1.53. The molecule has 1 aliphatic rings. The molecule has 2 aromatic heterocycles. The van der Waals surface area contributed by atoms with Gasteiger partial charge in [-0.1, -0.05) is 6.07 Å². The molecule has 1 saturated heterocycles. The summed E-state index contributed by atoms with van der Waals surface area (Å²) in [4.78, 5) is 33.2. The van der Waals surface area contributed by atoms with E-state index in [9.17, 15) is 22.8 Å². The number of ether oxygens (including phenoxy) is 1. The summed E-state index contributed by atoms with van der Waals surface area (Å²) in [6, 6.07) is 7.60. The molecule has 0 spiro atoms. The molecule has 11 heteroatoms. The molecule has 3 aromatic rings. The average molecular weight is 487 g/mol. The van der Waals surface area contributed by atoms with Crippen LogP contribution in [-0.4, -0.2) is 62.1 Å². The van der Waals surface area contributed by atoms with Crippen molar-refractivity contribution in [3.05, 3.63) is 83.4 Å².